The molecular formula is C14H18O2. The third-order valence-corrected chi connectivity index (χ3v) is 3.48. The molecule has 0 saturated carbocycles. The van der Waals surface area contributed by atoms with Crippen molar-refractivity contribution in [1.82, 2.24) is 0 Å². The Morgan fingerprint density at radius 1 is 1.12 bits per heavy atom. The molecule has 0 bridgehead atoms. The maximum Gasteiger partial charge on any atom is 0.123 e. The molecule has 2 heteroatoms. The van der Waals surface area contributed by atoms with E-state index < -0.39 is 0 Å². The minimum atomic E-state index is 0.354. The molecule has 2 unspecified atom stereocenters. The largest absolute Gasteiger partial charge is 0.493 e. The second-order valence-corrected chi connectivity index (χ2v) is 5.16. The normalized spacial score (nSPS) is 27.4. The molecule has 0 fully saturated rings. The van der Waals surface area contributed by atoms with Gasteiger partial charge >= 0.3 is 0 Å². The maximum atomic E-state index is 5.88. The molecule has 86 valence electrons. The third kappa shape index (κ3) is 1.66. The van der Waals surface area contributed by atoms with Crippen molar-refractivity contribution < 1.29 is 9.47 Å². The van der Waals surface area contributed by atoms with Gasteiger partial charge in [0.25, 0.3) is 0 Å². The zero-order valence-electron chi connectivity index (χ0n) is 9.95. The van der Waals surface area contributed by atoms with Crippen molar-refractivity contribution in [2.75, 3.05) is 6.61 Å². The lowest BCUT2D eigenvalue weighted by Crippen LogP contribution is -2.22. The summed E-state index contributed by atoms with van der Waals surface area (Å²) in [5, 5.41) is 0. The van der Waals surface area contributed by atoms with Gasteiger partial charge in [-0.3, -0.25) is 0 Å². The van der Waals surface area contributed by atoms with E-state index >= 15 is 0 Å². The first-order valence-corrected chi connectivity index (χ1v) is 6.17. The van der Waals surface area contributed by atoms with Crippen molar-refractivity contribution in [3.8, 4) is 11.5 Å². The van der Waals surface area contributed by atoms with E-state index in [9.17, 15) is 0 Å². The van der Waals surface area contributed by atoms with E-state index in [1.807, 2.05) is 0 Å². The van der Waals surface area contributed by atoms with Crippen LogP contribution < -0.4 is 9.47 Å². The lowest BCUT2D eigenvalue weighted by Gasteiger charge is -2.28. The van der Waals surface area contributed by atoms with Crippen LogP contribution in [0.25, 0.3) is 0 Å². The van der Waals surface area contributed by atoms with Gasteiger partial charge in [-0.1, -0.05) is 6.92 Å². The highest BCUT2D eigenvalue weighted by Gasteiger charge is 2.22. The number of benzene rings is 1. The smallest absolute Gasteiger partial charge is 0.123 e. The fraction of sp³-hybridized carbons (Fsp3) is 0.571. The summed E-state index contributed by atoms with van der Waals surface area (Å²) >= 11 is 0. The summed E-state index contributed by atoms with van der Waals surface area (Å²) < 4.78 is 11.7. The quantitative estimate of drug-likeness (QED) is 0.666. The van der Waals surface area contributed by atoms with Gasteiger partial charge < -0.3 is 9.47 Å². The molecule has 0 amide bonds. The molecule has 0 saturated heterocycles. The van der Waals surface area contributed by atoms with Crippen LogP contribution in [0.2, 0.25) is 0 Å². The fourth-order valence-corrected chi connectivity index (χ4v) is 2.54. The number of hydrogen-bond donors (Lipinski definition) is 0. The molecule has 1 aromatic carbocycles. The van der Waals surface area contributed by atoms with Crippen LogP contribution in [0.1, 0.15) is 31.4 Å². The van der Waals surface area contributed by atoms with Gasteiger partial charge in [-0.2, -0.15) is 0 Å². The Bertz CT molecular complexity index is 376. The van der Waals surface area contributed by atoms with Gasteiger partial charge in [0.1, 0.15) is 11.5 Å². The number of aryl methyl sites for hydroxylation is 1. The van der Waals surface area contributed by atoms with Gasteiger partial charge in [-0.15, -0.1) is 0 Å². The standard InChI is InChI=1S/C14H18O2/c1-9-5-12-7-14-11(4-3-10(2)16-14)6-13(12)15-8-9/h6-7,9-10H,3-5,8H2,1-2H3. The van der Waals surface area contributed by atoms with Crippen LogP contribution in [0.15, 0.2) is 12.1 Å². The first kappa shape index (κ1) is 10.0. The predicted molar refractivity (Wildman–Crippen MR) is 63.2 cm³/mol. The first-order valence-electron chi connectivity index (χ1n) is 6.17. The second-order valence-electron chi connectivity index (χ2n) is 5.16. The molecule has 16 heavy (non-hydrogen) atoms. The summed E-state index contributed by atoms with van der Waals surface area (Å²) in [5.74, 6) is 2.77. The lowest BCUT2D eigenvalue weighted by molar-refractivity contribution is 0.189. The molecule has 1 aromatic rings. The number of fused-ring (bicyclic) bond motifs is 2. The van der Waals surface area contributed by atoms with Crippen LogP contribution in [-0.2, 0) is 12.8 Å². The minimum absolute atomic E-state index is 0.354. The highest BCUT2D eigenvalue weighted by atomic mass is 16.5. The average molecular weight is 218 g/mol. The van der Waals surface area contributed by atoms with Gasteiger partial charge in [-0.05, 0) is 55.4 Å². The highest BCUT2D eigenvalue weighted by molar-refractivity contribution is 5.48. The summed E-state index contributed by atoms with van der Waals surface area (Å²) in [4.78, 5) is 0. The highest BCUT2D eigenvalue weighted by Crippen LogP contribution is 2.37. The molecule has 0 N–H and O–H groups in total. The summed E-state index contributed by atoms with van der Waals surface area (Å²) in [6.07, 6.45) is 3.69. The molecule has 2 nitrogen and oxygen atoms in total. The zero-order chi connectivity index (χ0) is 11.1. The van der Waals surface area contributed by atoms with Crippen molar-refractivity contribution in [3.05, 3.63) is 23.3 Å². The molecule has 2 heterocycles. The number of rotatable bonds is 0. The molecular weight excluding hydrogens is 200 g/mol. The van der Waals surface area contributed by atoms with Crippen molar-refractivity contribution in [3.63, 3.8) is 0 Å². The summed E-state index contributed by atoms with van der Waals surface area (Å²) in [6.45, 7) is 5.22. The molecule has 0 radical (unpaired) electrons. The van der Waals surface area contributed by atoms with E-state index in [1.165, 1.54) is 11.1 Å². The molecule has 2 atom stereocenters. The van der Waals surface area contributed by atoms with Gasteiger partial charge in [0, 0.05) is 0 Å². The Morgan fingerprint density at radius 2 is 1.94 bits per heavy atom. The van der Waals surface area contributed by atoms with E-state index in [-0.39, 0.29) is 0 Å². The van der Waals surface area contributed by atoms with E-state index in [0.29, 0.717) is 12.0 Å². The van der Waals surface area contributed by atoms with Gasteiger partial charge in [-0.25, -0.2) is 0 Å². The van der Waals surface area contributed by atoms with E-state index in [1.54, 1.807) is 0 Å². The maximum absolute atomic E-state index is 5.88. The first-order chi connectivity index (χ1) is 7.72. The second kappa shape index (κ2) is 3.69. The Balaban J connectivity index is 1.99. The van der Waals surface area contributed by atoms with Crippen LogP contribution in [0, 0.1) is 5.92 Å². The summed E-state index contributed by atoms with van der Waals surface area (Å²) in [7, 11) is 0. The fourth-order valence-electron chi connectivity index (χ4n) is 2.54. The van der Waals surface area contributed by atoms with Crippen molar-refractivity contribution >= 4 is 0 Å². The Labute approximate surface area is 96.6 Å². The van der Waals surface area contributed by atoms with Crippen molar-refractivity contribution in [2.45, 2.75) is 39.2 Å². The summed E-state index contributed by atoms with van der Waals surface area (Å²) in [5.41, 5.74) is 2.62. The topological polar surface area (TPSA) is 18.5 Å². The van der Waals surface area contributed by atoms with E-state index in [4.69, 9.17) is 9.47 Å². The van der Waals surface area contributed by atoms with Crippen LogP contribution in [-0.4, -0.2) is 12.7 Å². The monoisotopic (exact) mass is 218 g/mol. The van der Waals surface area contributed by atoms with Gasteiger partial charge in [0.05, 0.1) is 12.7 Å². The van der Waals surface area contributed by atoms with Crippen LogP contribution in [0.3, 0.4) is 0 Å². The Morgan fingerprint density at radius 3 is 2.81 bits per heavy atom. The van der Waals surface area contributed by atoms with E-state index in [0.717, 1.165) is 37.4 Å². The predicted octanol–water partition coefficient (Wildman–Crippen LogP) is 2.97. The Hall–Kier alpha value is -1.18. The molecule has 0 spiro atoms. The molecule has 0 aromatic heterocycles. The Kier molecular flexibility index (Phi) is 2.31. The van der Waals surface area contributed by atoms with Crippen molar-refractivity contribution in [2.24, 2.45) is 5.92 Å². The minimum Gasteiger partial charge on any atom is -0.493 e. The number of hydrogen-bond acceptors (Lipinski definition) is 2. The van der Waals surface area contributed by atoms with E-state index in [2.05, 4.69) is 26.0 Å². The number of ether oxygens (including phenoxy) is 2. The van der Waals surface area contributed by atoms with Crippen molar-refractivity contribution in [1.29, 1.82) is 0 Å². The van der Waals surface area contributed by atoms with Crippen LogP contribution in [0.4, 0.5) is 0 Å². The molecule has 2 aliphatic heterocycles. The van der Waals surface area contributed by atoms with Crippen LogP contribution >= 0.6 is 0 Å². The van der Waals surface area contributed by atoms with Crippen LogP contribution in [0.5, 0.6) is 11.5 Å². The summed E-state index contributed by atoms with van der Waals surface area (Å²) in [6, 6.07) is 4.37. The SMILES string of the molecule is CC1COc2cc3c(cc2C1)OC(C)CC3. The lowest BCUT2D eigenvalue weighted by atomic mass is 9.94. The average Bonchev–Trinajstić information content (AvgIpc) is 2.26. The molecule has 0 aliphatic carbocycles. The molecule has 2 aliphatic rings. The zero-order valence-corrected chi connectivity index (χ0v) is 9.95. The third-order valence-electron chi connectivity index (χ3n) is 3.48. The molecule has 3 rings (SSSR count). The van der Waals surface area contributed by atoms with Gasteiger partial charge in [0.2, 0.25) is 0 Å². The van der Waals surface area contributed by atoms with Gasteiger partial charge in [0.15, 0.2) is 0 Å².